The minimum Gasteiger partial charge on any atom is -0.322 e. The first kappa shape index (κ1) is 20.6. The molecule has 0 aromatic heterocycles. The summed E-state index contributed by atoms with van der Waals surface area (Å²) in [5.41, 5.74) is 5.56. The molecule has 1 unspecified atom stereocenters. The van der Waals surface area contributed by atoms with Crippen LogP contribution in [0.3, 0.4) is 0 Å². The molecule has 0 saturated heterocycles. The Labute approximate surface area is 133 Å². The van der Waals surface area contributed by atoms with E-state index in [1.807, 2.05) is 0 Å². The fourth-order valence-corrected chi connectivity index (χ4v) is 2.82. The number of hydrogen-bond donors (Lipinski definition) is 1. The first-order chi connectivity index (χ1) is 10.3. The van der Waals surface area contributed by atoms with Gasteiger partial charge in [0.25, 0.3) is 0 Å². The largest absolute Gasteiger partial charge is 0.322 e. The van der Waals surface area contributed by atoms with Crippen LogP contribution in [0.25, 0.3) is 0 Å². The van der Waals surface area contributed by atoms with Crippen LogP contribution in [-0.4, -0.2) is 12.3 Å². The molecular weight excluding hydrogens is 258 g/mol. The average molecular weight is 298 g/mol. The Hall–Kier alpha value is -0.370. The van der Waals surface area contributed by atoms with Gasteiger partial charge in [-0.25, -0.2) is 0 Å². The molecule has 0 aliphatic rings. The van der Waals surface area contributed by atoms with Gasteiger partial charge in [0.15, 0.2) is 0 Å². The monoisotopic (exact) mass is 297 g/mol. The second kappa shape index (κ2) is 17.7. The molecule has 0 heterocycles. The molecule has 0 saturated carbocycles. The van der Waals surface area contributed by atoms with Crippen LogP contribution in [0, 0.1) is 0 Å². The number of rotatable bonds is 17. The fraction of sp³-hybridized carbons (Fsp3) is 0.947. The van der Waals surface area contributed by atoms with E-state index in [0.29, 0.717) is 0 Å². The highest BCUT2D eigenvalue weighted by Crippen LogP contribution is 2.13. The zero-order valence-corrected chi connectivity index (χ0v) is 14.5. The summed E-state index contributed by atoms with van der Waals surface area (Å²) >= 11 is 0. The SMILES string of the molecule is CCCCCCCCCCCCCCCCCC(N)C=O. The number of aldehydes is 1. The van der Waals surface area contributed by atoms with Crippen molar-refractivity contribution in [3.63, 3.8) is 0 Å². The summed E-state index contributed by atoms with van der Waals surface area (Å²) in [6.07, 6.45) is 22.4. The Morgan fingerprint density at radius 3 is 1.33 bits per heavy atom. The Morgan fingerprint density at radius 2 is 1.00 bits per heavy atom. The van der Waals surface area contributed by atoms with Crippen LogP contribution in [0.1, 0.15) is 110 Å². The van der Waals surface area contributed by atoms with Gasteiger partial charge in [-0.05, 0) is 6.42 Å². The lowest BCUT2D eigenvalue weighted by atomic mass is 10.0. The minimum absolute atomic E-state index is 0.230. The second-order valence-corrected chi connectivity index (χ2v) is 6.54. The van der Waals surface area contributed by atoms with Crippen molar-refractivity contribution < 1.29 is 4.79 Å². The van der Waals surface area contributed by atoms with Gasteiger partial charge in [0.2, 0.25) is 0 Å². The van der Waals surface area contributed by atoms with Crippen LogP contribution >= 0.6 is 0 Å². The summed E-state index contributed by atoms with van der Waals surface area (Å²) in [5.74, 6) is 0. The topological polar surface area (TPSA) is 43.1 Å². The lowest BCUT2D eigenvalue weighted by Crippen LogP contribution is -2.20. The van der Waals surface area contributed by atoms with Gasteiger partial charge >= 0.3 is 0 Å². The summed E-state index contributed by atoms with van der Waals surface area (Å²) < 4.78 is 0. The van der Waals surface area contributed by atoms with Crippen LogP contribution in [0.5, 0.6) is 0 Å². The first-order valence-corrected chi connectivity index (χ1v) is 9.52. The predicted molar refractivity (Wildman–Crippen MR) is 93.6 cm³/mol. The van der Waals surface area contributed by atoms with Crippen molar-refractivity contribution in [3.8, 4) is 0 Å². The highest BCUT2D eigenvalue weighted by molar-refractivity contribution is 5.56. The lowest BCUT2D eigenvalue weighted by Gasteiger charge is -2.04. The summed E-state index contributed by atoms with van der Waals surface area (Å²) in [7, 11) is 0. The van der Waals surface area contributed by atoms with E-state index in [9.17, 15) is 4.79 Å². The number of hydrogen-bond acceptors (Lipinski definition) is 2. The van der Waals surface area contributed by atoms with Crippen molar-refractivity contribution in [2.75, 3.05) is 0 Å². The smallest absolute Gasteiger partial charge is 0.136 e. The molecule has 0 rings (SSSR count). The maximum atomic E-state index is 10.4. The van der Waals surface area contributed by atoms with Crippen molar-refractivity contribution in [1.29, 1.82) is 0 Å². The van der Waals surface area contributed by atoms with Crippen LogP contribution in [0.15, 0.2) is 0 Å². The molecule has 21 heavy (non-hydrogen) atoms. The van der Waals surface area contributed by atoms with E-state index in [1.54, 1.807) is 0 Å². The quantitative estimate of drug-likeness (QED) is 0.273. The highest BCUT2D eigenvalue weighted by atomic mass is 16.1. The molecule has 0 fully saturated rings. The number of nitrogens with two attached hydrogens (primary N) is 1. The normalized spacial score (nSPS) is 12.5. The molecule has 0 radical (unpaired) electrons. The Bertz CT molecular complexity index is 206. The summed E-state index contributed by atoms with van der Waals surface area (Å²) in [6.45, 7) is 2.28. The molecule has 0 spiro atoms. The van der Waals surface area contributed by atoms with E-state index in [-0.39, 0.29) is 6.04 Å². The first-order valence-electron chi connectivity index (χ1n) is 9.52. The van der Waals surface area contributed by atoms with Gasteiger partial charge in [-0.2, -0.15) is 0 Å². The maximum absolute atomic E-state index is 10.4. The van der Waals surface area contributed by atoms with Gasteiger partial charge in [-0.15, -0.1) is 0 Å². The molecule has 0 amide bonds. The van der Waals surface area contributed by atoms with Crippen molar-refractivity contribution in [3.05, 3.63) is 0 Å². The molecule has 0 aliphatic carbocycles. The van der Waals surface area contributed by atoms with Crippen LogP contribution < -0.4 is 5.73 Å². The van der Waals surface area contributed by atoms with E-state index >= 15 is 0 Å². The zero-order chi connectivity index (χ0) is 15.6. The van der Waals surface area contributed by atoms with E-state index in [4.69, 9.17) is 5.73 Å². The third-order valence-corrected chi connectivity index (χ3v) is 4.32. The molecule has 0 aromatic carbocycles. The third-order valence-electron chi connectivity index (χ3n) is 4.32. The standard InChI is InChI=1S/C19H39NO/c1-2-3-4-5-6-7-8-9-10-11-12-13-14-15-16-17-19(20)18-21/h18-19H,2-17,20H2,1H3. The van der Waals surface area contributed by atoms with Crippen molar-refractivity contribution in [2.24, 2.45) is 5.73 Å². The van der Waals surface area contributed by atoms with E-state index in [2.05, 4.69) is 6.92 Å². The van der Waals surface area contributed by atoms with Gasteiger partial charge in [-0.3, -0.25) is 0 Å². The third kappa shape index (κ3) is 17.6. The van der Waals surface area contributed by atoms with Gasteiger partial charge < -0.3 is 10.5 Å². The molecule has 2 N–H and O–H groups in total. The minimum atomic E-state index is -0.230. The Morgan fingerprint density at radius 1 is 0.667 bits per heavy atom. The number of carbonyl (C=O) groups excluding carboxylic acids is 1. The molecular formula is C19H39NO. The van der Waals surface area contributed by atoms with E-state index < -0.39 is 0 Å². The molecule has 0 aromatic rings. The lowest BCUT2D eigenvalue weighted by molar-refractivity contribution is -0.109. The van der Waals surface area contributed by atoms with Gasteiger partial charge in [0.1, 0.15) is 6.29 Å². The highest BCUT2D eigenvalue weighted by Gasteiger charge is 1.99. The second-order valence-electron chi connectivity index (χ2n) is 6.54. The number of carbonyl (C=O) groups is 1. The molecule has 126 valence electrons. The van der Waals surface area contributed by atoms with Crippen molar-refractivity contribution in [2.45, 2.75) is 116 Å². The molecule has 2 nitrogen and oxygen atoms in total. The summed E-state index contributed by atoms with van der Waals surface area (Å²) in [4.78, 5) is 10.4. The summed E-state index contributed by atoms with van der Waals surface area (Å²) in [6, 6.07) is -0.230. The Balaban J connectivity index is 2.98. The average Bonchev–Trinajstić information content (AvgIpc) is 2.50. The van der Waals surface area contributed by atoms with Gasteiger partial charge in [0.05, 0.1) is 6.04 Å². The fourth-order valence-electron chi connectivity index (χ4n) is 2.82. The molecule has 0 aliphatic heterocycles. The van der Waals surface area contributed by atoms with E-state index in [0.717, 1.165) is 19.1 Å². The van der Waals surface area contributed by atoms with Crippen LogP contribution in [0.4, 0.5) is 0 Å². The van der Waals surface area contributed by atoms with Gasteiger partial charge in [-0.1, -0.05) is 103 Å². The van der Waals surface area contributed by atoms with E-state index in [1.165, 1.54) is 89.9 Å². The van der Waals surface area contributed by atoms with Gasteiger partial charge in [0, 0.05) is 0 Å². The molecule has 0 bridgehead atoms. The predicted octanol–water partition coefficient (Wildman–Crippen LogP) is 5.77. The number of unbranched alkanes of at least 4 members (excludes halogenated alkanes) is 14. The molecule has 1 atom stereocenters. The van der Waals surface area contributed by atoms with Crippen LogP contribution in [-0.2, 0) is 4.79 Å². The van der Waals surface area contributed by atoms with Crippen molar-refractivity contribution >= 4 is 6.29 Å². The van der Waals surface area contributed by atoms with Crippen molar-refractivity contribution in [1.82, 2.24) is 0 Å². The Kier molecular flexibility index (Phi) is 17.4. The van der Waals surface area contributed by atoms with Crippen LogP contribution in [0.2, 0.25) is 0 Å². The zero-order valence-electron chi connectivity index (χ0n) is 14.5. The maximum Gasteiger partial charge on any atom is 0.136 e. The summed E-state index contributed by atoms with van der Waals surface area (Å²) in [5, 5.41) is 0. The molecule has 2 heteroatoms.